The zero-order valence-electron chi connectivity index (χ0n) is 19.2. The van der Waals surface area contributed by atoms with Crippen LogP contribution in [0.15, 0.2) is 87.2 Å². The highest BCUT2D eigenvalue weighted by atomic mass is 79.9. The molecule has 1 aliphatic rings. The average Bonchev–Trinajstić information content (AvgIpc) is 3.14. The Balaban J connectivity index is 1.66. The zero-order valence-corrected chi connectivity index (χ0v) is 21.6. The van der Waals surface area contributed by atoms with Crippen molar-refractivity contribution in [2.75, 3.05) is 7.11 Å². The van der Waals surface area contributed by atoms with Gasteiger partial charge in [0.2, 0.25) is 0 Å². The highest BCUT2D eigenvalue weighted by Crippen LogP contribution is 2.39. The third-order valence-corrected chi connectivity index (χ3v) is 6.74. The predicted octanol–water partition coefficient (Wildman–Crippen LogP) is 6.06. The monoisotopic (exact) mass is 550 g/mol. The molecule has 1 saturated heterocycles. The van der Waals surface area contributed by atoms with Crippen LogP contribution in [0.5, 0.6) is 11.5 Å². The molecule has 0 aliphatic carbocycles. The third-order valence-electron chi connectivity index (χ3n) is 5.11. The lowest BCUT2D eigenvalue weighted by molar-refractivity contribution is -0.132. The molecule has 3 aromatic rings. The zero-order chi connectivity index (χ0) is 24.8. The summed E-state index contributed by atoms with van der Waals surface area (Å²) in [5, 5.41) is 0.650. The van der Waals surface area contributed by atoms with Crippen molar-refractivity contribution in [1.82, 2.24) is 4.90 Å². The van der Waals surface area contributed by atoms with Gasteiger partial charge in [0.1, 0.15) is 0 Å². The largest absolute Gasteiger partial charge is 0.493 e. The maximum absolute atomic E-state index is 13.4. The molecule has 0 atom stereocenters. The fraction of sp³-hybridized carbons (Fsp3) is 0.148. The van der Waals surface area contributed by atoms with E-state index in [1.165, 1.54) is 25.8 Å². The standard InChI is InChI=1S/C27H23BrN2O4S/c1-18(31)34-25-22(28)13-21(14-23(25)33-2)15-24-26(32)30(17-20-11-7-4-8-12-20)27(35-24)29-16-19-9-5-3-6-10-19/h3-15H,16-17H2,1-2H3/b24-15+,29-27?. The molecule has 0 aromatic heterocycles. The Hall–Kier alpha value is -3.36. The Kier molecular flexibility index (Phi) is 8.05. The molecular weight excluding hydrogens is 528 g/mol. The maximum atomic E-state index is 13.4. The van der Waals surface area contributed by atoms with E-state index >= 15 is 0 Å². The Morgan fingerprint density at radius 2 is 1.71 bits per heavy atom. The Morgan fingerprint density at radius 1 is 1.06 bits per heavy atom. The number of halogens is 1. The highest BCUT2D eigenvalue weighted by molar-refractivity contribution is 9.10. The van der Waals surface area contributed by atoms with E-state index in [4.69, 9.17) is 14.5 Å². The number of nitrogens with zero attached hydrogens (tertiary/aromatic N) is 2. The fourth-order valence-corrected chi connectivity index (χ4v) is 5.01. The molecule has 1 aliphatic heterocycles. The van der Waals surface area contributed by atoms with Crippen molar-refractivity contribution >= 4 is 50.8 Å². The molecular formula is C27H23BrN2O4S. The fourth-order valence-electron chi connectivity index (χ4n) is 3.49. The van der Waals surface area contributed by atoms with Crippen LogP contribution in [0.3, 0.4) is 0 Å². The number of carbonyl (C=O) groups is 2. The number of ether oxygens (including phenoxy) is 2. The van der Waals surface area contributed by atoms with Crippen LogP contribution in [0, 0.1) is 0 Å². The van der Waals surface area contributed by atoms with Gasteiger partial charge in [0.15, 0.2) is 16.7 Å². The molecule has 178 valence electrons. The summed E-state index contributed by atoms with van der Waals surface area (Å²) in [6.45, 7) is 2.23. The predicted molar refractivity (Wildman–Crippen MR) is 142 cm³/mol. The maximum Gasteiger partial charge on any atom is 0.308 e. The van der Waals surface area contributed by atoms with Gasteiger partial charge < -0.3 is 9.47 Å². The summed E-state index contributed by atoms with van der Waals surface area (Å²) in [4.78, 5) is 31.9. The molecule has 1 heterocycles. The molecule has 6 nitrogen and oxygen atoms in total. The van der Waals surface area contributed by atoms with Crippen molar-refractivity contribution in [2.24, 2.45) is 4.99 Å². The first kappa shape index (κ1) is 24.8. The number of methoxy groups -OCH3 is 1. The number of amides is 1. The third kappa shape index (κ3) is 6.21. The number of thioether (sulfide) groups is 1. The van der Waals surface area contributed by atoms with Gasteiger partial charge in [0, 0.05) is 6.92 Å². The molecule has 0 spiro atoms. The van der Waals surface area contributed by atoms with Crippen molar-refractivity contribution in [3.63, 3.8) is 0 Å². The number of rotatable bonds is 7. The number of hydrogen-bond donors (Lipinski definition) is 0. The summed E-state index contributed by atoms with van der Waals surface area (Å²) in [6, 6.07) is 23.3. The molecule has 1 amide bonds. The average molecular weight is 551 g/mol. The van der Waals surface area contributed by atoms with E-state index in [1.54, 1.807) is 23.1 Å². The van der Waals surface area contributed by atoms with Gasteiger partial charge in [-0.15, -0.1) is 0 Å². The summed E-state index contributed by atoms with van der Waals surface area (Å²) in [6.07, 6.45) is 1.79. The number of amidine groups is 1. The van der Waals surface area contributed by atoms with E-state index in [-0.39, 0.29) is 5.91 Å². The summed E-state index contributed by atoms with van der Waals surface area (Å²) in [7, 11) is 1.50. The number of benzene rings is 3. The molecule has 0 unspecified atom stereocenters. The Bertz CT molecular complexity index is 1290. The molecule has 0 radical (unpaired) electrons. The lowest BCUT2D eigenvalue weighted by Gasteiger charge is -2.15. The molecule has 1 fully saturated rings. The molecule has 0 bridgehead atoms. The molecule has 0 saturated carbocycles. The normalized spacial score (nSPS) is 15.6. The second-order valence-corrected chi connectivity index (χ2v) is 9.56. The van der Waals surface area contributed by atoms with E-state index in [9.17, 15) is 9.59 Å². The van der Waals surface area contributed by atoms with E-state index in [1.807, 2.05) is 60.7 Å². The minimum absolute atomic E-state index is 0.121. The number of esters is 1. The van der Waals surface area contributed by atoms with Crippen molar-refractivity contribution in [3.05, 3.63) is 98.9 Å². The summed E-state index contributed by atoms with van der Waals surface area (Å²) in [5.41, 5.74) is 2.81. The summed E-state index contributed by atoms with van der Waals surface area (Å²) in [5.74, 6) is 0.108. The van der Waals surface area contributed by atoms with Crippen LogP contribution in [0.1, 0.15) is 23.6 Å². The minimum Gasteiger partial charge on any atom is -0.493 e. The van der Waals surface area contributed by atoms with E-state index < -0.39 is 5.97 Å². The molecule has 0 N–H and O–H groups in total. The Morgan fingerprint density at radius 3 is 2.34 bits per heavy atom. The van der Waals surface area contributed by atoms with Gasteiger partial charge in [-0.05, 0) is 62.6 Å². The van der Waals surface area contributed by atoms with Crippen LogP contribution in [0.25, 0.3) is 6.08 Å². The second-order valence-electron chi connectivity index (χ2n) is 7.70. The lowest BCUT2D eigenvalue weighted by atomic mass is 10.1. The smallest absolute Gasteiger partial charge is 0.308 e. The van der Waals surface area contributed by atoms with Gasteiger partial charge in [-0.2, -0.15) is 0 Å². The Labute approximate surface area is 216 Å². The van der Waals surface area contributed by atoms with Crippen molar-refractivity contribution < 1.29 is 19.1 Å². The first-order valence-corrected chi connectivity index (χ1v) is 12.4. The molecule has 3 aromatic carbocycles. The molecule has 4 rings (SSSR count). The number of hydrogen-bond acceptors (Lipinski definition) is 6. The van der Waals surface area contributed by atoms with Gasteiger partial charge in [0.25, 0.3) is 5.91 Å². The van der Waals surface area contributed by atoms with Crippen LogP contribution in [0.4, 0.5) is 0 Å². The van der Waals surface area contributed by atoms with Crippen molar-refractivity contribution in [3.8, 4) is 11.5 Å². The van der Waals surface area contributed by atoms with Gasteiger partial charge >= 0.3 is 5.97 Å². The van der Waals surface area contributed by atoms with Crippen LogP contribution in [-0.2, 0) is 22.7 Å². The summed E-state index contributed by atoms with van der Waals surface area (Å²) < 4.78 is 11.2. The van der Waals surface area contributed by atoms with Crippen molar-refractivity contribution in [2.45, 2.75) is 20.0 Å². The lowest BCUT2D eigenvalue weighted by Crippen LogP contribution is -2.28. The van der Waals surface area contributed by atoms with E-state index in [2.05, 4.69) is 15.9 Å². The van der Waals surface area contributed by atoms with Gasteiger partial charge in [-0.1, -0.05) is 60.7 Å². The van der Waals surface area contributed by atoms with Crippen molar-refractivity contribution in [1.29, 1.82) is 0 Å². The van der Waals surface area contributed by atoms with E-state index in [0.717, 1.165) is 16.7 Å². The summed E-state index contributed by atoms with van der Waals surface area (Å²) >= 11 is 4.78. The molecule has 35 heavy (non-hydrogen) atoms. The van der Waals surface area contributed by atoms with Crippen LogP contribution >= 0.6 is 27.7 Å². The highest BCUT2D eigenvalue weighted by Gasteiger charge is 2.33. The van der Waals surface area contributed by atoms with Crippen LogP contribution in [0.2, 0.25) is 0 Å². The van der Waals surface area contributed by atoms with Gasteiger partial charge in [-0.25, -0.2) is 0 Å². The van der Waals surface area contributed by atoms with Gasteiger partial charge in [0.05, 0.1) is 29.6 Å². The number of carbonyl (C=O) groups excluding carboxylic acids is 2. The first-order valence-electron chi connectivity index (χ1n) is 10.8. The van der Waals surface area contributed by atoms with E-state index in [0.29, 0.717) is 39.1 Å². The first-order chi connectivity index (χ1) is 16.9. The van der Waals surface area contributed by atoms with Crippen LogP contribution in [-0.4, -0.2) is 29.1 Å². The van der Waals surface area contributed by atoms with Crippen LogP contribution < -0.4 is 9.47 Å². The minimum atomic E-state index is -0.451. The molecule has 8 heteroatoms. The SMILES string of the molecule is COc1cc(/C=C2/SC(=NCc3ccccc3)N(Cc3ccccc3)C2=O)cc(Br)c1OC(C)=O. The second kappa shape index (κ2) is 11.4. The van der Waals surface area contributed by atoms with Gasteiger partial charge in [-0.3, -0.25) is 19.5 Å². The quantitative estimate of drug-likeness (QED) is 0.203. The topological polar surface area (TPSA) is 68.2 Å². The number of aliphatic imine (C=N–C) groups is 1.